The van der Waals surface area contributed by atoms with Crippen LogP contribution < -0.4 is 5.32 Å². The largest absolute Gasteiger partial charge is 0.378 e. The van der Waals surface area contributed by atoms with E-state index in [4.69, 9.17) is 4.74 Å². The lowest BCUT2D eigenvalue weighted by Crippen LogP contribution is -2.55. The van der Waals surface area contributed by atoms with Gasteiger partial charge in [0.15, 0.2) is 5.78 Å². The molecule has 2 aromatic carbocycles. The van der Waals surface area contributed by atoms with E-state index in [9.17, 15) is 4.79 Å². The van der Waals surface area contributed by atoms with Crippen molar-refractivity contribution in [1.29, 1.82) is 0 Å². The van der Waals surface area contributed by atoms with Gasteiger partial charge in [0, 0.05) is 23.6 Å². The summed E-state index contributed by atoms with van der Waals surface area (Å²) in [6.45, 7) is 1.47. The number of carbonyl (C=O) groups is 1. The minimum atomic E-state index is 0.131. The van der Waals surface area contributed by atoms with E-state index in [0.29, 0.717) is 17.9 Å². The molecule has 0 aromatic heterocycles. The van der Waals surface area contributed by atoms with Crippen molar-refractivity contribution < 1.29 is 9.53 Å². The maximum Gasteiger partial charge on any atom is 0.166 e. The minimum Gasteiger partial charge on any atom is -0.378 e. The van der Waals surface area contributed by atoms with Crippen molar-refractivity contribution in [2.45, 2.75) is 31.3 Å². The standard InChI is InChI=1S/C21H21NO2/c23-21(16-9-17-11-24-12-18(10-16)22-17)14-5-6-20-15(8-14)7-13-3-1-2-4-19(13)20/h1-6,8,16-18,22H,7,9-12H2. The number of hydrogen-bond acceptors (Lipinski definition) is 3. The van der Waals surface area contributed by atoms with Crippen LogP contribution in [-0.2, 0) is 11.2 Å². The first-order chi connectivity index (χ1) is 11.8. The Morgan fingerprint density at radius 3 is 2.54 bits per heavy atom. The Kier molecular flexibility index (Phi) is 3.32. The number of piperidine rings is 1. The number of carbonyl (C=O) groups excluding carboxylic acids is 1. The lowest BCUT2D eigenvalue weighted by Gasteiger charge is -2.39. The Labute approximate surface area is 142 Å². The van der Waals surface area contributed by atoms with Crippen LogP contribution in [0.3, 0.4) is 0 Å². The fourth-order valence-corrected chi connectivity index (χ4v) is 4.59. The molecule has 122 valence electrons. The van der Waals surface area contributed by atoms with Crippen LogP contribution in [0.15, 0.2) is 42.5 Å². The van der Waals surface area contributed by atoms with E-state index in [1.165, 1.54) is 22.3 Å². The molecule has 3 aliphatic rings. The van der Waals surface area contributed by atoms with Gasteiger partial charge in [-0.25, -0.2) is 0 Å². The third-order valence-electron chi connectivity index (χ3n) is 5.70. The van der Waals surface area contributed by atoms with E-state index >= 15 is 0 Å². The molecule has 0 spiro atoms. The zero-order valence-corrected chi connectivity index (χ0v) is 13.6. The molecule has 1 N–H and O–H groups in total. The summed E-state index contributed by atoms with van der Waals surface area (Å²) in [6.07, 6.45) is 2.73. The second kappa shape index (κ2) is 5.54. The Balaban J connectivity index is 1.42. The van der Waals surface area contributed by atoms with Gasteiger partial charge in [-0.15, -0.1) is 0 Å². The van der Waals surface area contributed by atoms with Crippen LogP contribution in [0.5, 0.6) is 0 Å². The molecule has 1 aliphatic carbocycles. The third kappa shape index (κ3) is 2.31. The number of nitrogens with one attached hydrogen (secondary N) is 1. The van der Waals surface area contributed by atoms with Crippen LogP contribution in [0.4, 0.5) is 0 Å². The van der Waals surface area contributed by atoms with Crippen molar-refractivity contribution in [1.82, 2.24) is 5.32 Å². The van der Waals surface area contributed by atoms with Gasteiger partial charge in [-0.3, -0.25) is 4.79 Å². The first-order valence-electron chi connectivity index (χ1n) is 8.87. The van der Waals surface area contributed by atoms with Crippen LogP contribution in [0.2, 0.25) is 0 Å². The average Bonchev–Trinajstić information content (AvgIpc) is 2.98. The van der Waals surface area contributed by atoms with Crippen LogP contribution in [-0.4, -0.2) is 31.1 Å². The highest BCUT2D eigenvalue weighted by Gasteiger charge is 2.35. The Morgan fingerprint density at radius 1 is 0.958 bits per heavy atom. The number of rotatable bonds is 2. The number of Topliss-reactive ketones (excluding diaryl/α,β-unsaturated/α-hetero) is 1. The molecular weight excluding hydrogens is 298 g/mol. The summed E-state index contributed by atoms with van der Waals surface area (Å²) < 4.78 is 5.59. The monoisotopic (exact) mass is 319 g/mol. The van der Waals surface area contributed by atoms with Crippen molar-refractivity contribution in [2.24, 2.45) is 5.92 Å². The topological polar surface area (TPSA) is 38.3 Å². The Bertz CT molecular complexity index is 801. The van der Waals surface area contributed by atoms with E-state index in [2.05, 4.69) is 41.7 Å². The van der Waals surface area contributed by atoms with Gasteiger partial charge in [0.1, 0.15) is 0 Å². The van der Waals surface area contributed by atoms with Gasteiger partial charge < -0.3 is 10.1 Å². The van der Waals surface area contributed by atoms with Crippen LogP contribution in [0.25, 0.3) is 11.1 Å². The SMILES string of the molecule is O=C(c1ccc2c(c1)Cc1ccccc1-2)C1CC2COCC(C1)N2. The second-order valence-electron chi connectivity index (χ2n) is 7.34. The highest BCUT2D eigenvalue weighted by Crippen LogP contribution is 2.37. The van der Waals surface area contributed by atoms with Crippen LogP contribution in [0, 0.1) is 5.92 Å². The number of ketones is 1. The molecule has 2 unspecified atom stereocenters. The van der Waals surface area contributed by atoms with Gasteiger partial charge >= 0.3 is 0 Å². The molecule has 5 rings (SSSR count). The van der Waals surface area contributed by atoms with Crippen molar-refractivity contribution >= 4 is 5.78 Å². The van der Waals surface area contributed by atoms with Crippen LogP contribution >= 0.6 is 0 Å². The van der Waals surface area contributed by atoms with E-state index < -0.39 is 0 Å². The molecule has 2 aromatic rings. The zero-order chi connectivity index (χ0) is 16.1. The molecule has 3 nitrogen and oxygen atoms in total. The Morgan fingerprint density at radius 2 is 1.71 bits per heavy atom. The molecule has 2 atom stereocenters. The smallest absolute Gasteiger partial charge is 0.166 e. The quantitative estimate of drug-likeness (QED) is 0.737. The molecular formula is C21H21NO2. The van der Waals surface area contributed by atoms with Crippen molar-refractivity contribution in [2.75, 3.05) is 13.2 Å². The molecule has 24 heavy (non-hydrogen) atoms. The van der Waals surface area contributed by atoms with Gasteiger partial charge in [-0.1, -0.05) is 36.4 Å². The van der Waals surface area contributed by atoms with Gasteiger partial charge in [0.2, 0.25) is 0 Å². The first kappa shape index (κ1) is 14.4. The maximum atomic E-state index is 13.0. The molecule has 3 heteroatoms. The van der Waals surface area contributed by atoms with E-state index in [0.717, 1.165) is 38.0 Å². The third-order valence-corrected chi connectivity index (χ3v) is 5.70. The minimum absolute atomic E-state index is 0.131. The van der Waals surface area contributed by atoms with Crippen LogP contribution in [0.1, 0.15) is 34.3 Å². The normalized spacial score (nSPS) is 27.4. The van der Waals surface area contributed by atoms with Crippen molar-refractivity contribution in [3.05, 3.63) is 59.2 Å². The zero-order valence-electron chi connectivity index (χ0n) is 13.6. The predicted octanol–water partition coefficient (Wildman–Crippen LogP) is 3.21. The van der Waals surface area contributed by atoms with Crippen molar-refractivity contribution in [3.63, 3.8) is 0 Å². The molecule has 0 saturated carbocycles. The number of fused-ring (bicyclic) bond motifs is 5. The molecule has 0 radical (unpaired) electrons. The van der Waals surface area contributed by atoms with Gasteiger partial charge in [-0.05, 0) is 47.6 Å². The highest BCUT2D eigenvalue weighted by molar-refractivity contribution is 5.99. The Hall–Kier alpha value is -1.97. The number of ether oxygens (including phenoxy) is 1. The van der Waals surface area contributed by atoms with Crippen molar-refractivity contribution in [3.8, 4) is 11.1 Å². The molecule has 0 amide bonds. The lowest BCUT2D eigenvalue weighted by atomic mass is 9.81. The summed E-state index contributed by atoms with van der Waals surface area (Å²) in [5, 5.41) is 3.57. The summed E-state index contributed by atoms with van der Waals surface area (Å²) in [5.74, 6) is 0.444. The molecule has 2 saturated heterocycles. The van der Waals surface area contributed by atoms with Gasteiger partial charge in [0.05, 0.1) is 13.2 Å². The maximum absolute atomic E-state index is 13.0. The first-order valence-corrected chi connectivity index (χ1v) is 8.87. The summed E-state index contributed by atoms with van der Waals surface area (Å²) >= 11 is 0. The van der Waals surface area contributed by atoms with E-state index in [1.54, 1.807) is 0 Å². The number of benzene rings is 2. The molecule has 2 heterocycles. The fraction of sp³-hybridized carbons (Fsp3) is 0.381. The van der Waals surface area contributed by atoms with Gasteiger partial charge in [0.25, 0.3) is 0 Å². The number of hydrogen-bond donors (Lipinski definition) is 1. The van der Waals surface area contributed by atoms with E-state index in [-0.39, 0.29) is 5.92 Å². The summed E-state index contributed by atoms with van der Waals surface area (Å²) in [6, 6.07) is 15.5. The summed E-state index contributed by atoms with van der Waals surface area (Å²) in [5.41, 5.74) is 6.15. The average molecular weight is 319 g/mol. The van der Waals surface area contributed by atoms with Gasteiger partial charge in [-0.2, -0.15) is 0 Å². The summed E-state index contributed by atoms with van der Waals surface area (Å²) in [4.78, 5) is 13.0. The fourth-order valence-electron chi connectivity index (χ4n) is 4.59. The summed E-state index contributed by atoms with van der Waals surface area (Å²) in [7, 11) is 0. The lowest BCUT2D eigenvalue weighted by molar-refractivity contribution is 0.00953. The highest BCUT2D eigenvalue weighted by atomic mass is 16.5. The molecule has 2 fully saturated rings. The molecule has 2 bridgehead atoms. The number of morpholine rings is 1. The van der Waals surface area contributed by atoms with E-state index in [1.807, 2.05) is 6.07 Å². The second-order valence-corrected chi connectivity index (χ2v) is 7.34. The molecule has 2 aliphatic heterocycles. The predicted molar refractivity (Wildman–Crippen MR) is 93.3 cm³/mol.